The van der Waals surface area contributed by atoms with E-state index in [1.165, 1.54) is 5.56 Å². The van der Waals surface area contributed by atoms with Crippen molar-refractivity contribution in [2.75, 3.05) is 24.2 Å². The third kappa shape index (κ3) is 4.54. The van der Waals surface area contributed by atoms with Gasteiger partial charge in [-0.05, 0) is 5.56 Å². The SMILES string of the molecule is IC[C@H]1CO[C@H](COCc2ccccc2)CO1. The van der Waals surface area contributed by atoms with Crippen LogP contribution in [0.25, 0.3) is 0 Å². The smallest absolute Gasteiger partial charge is 0.104 e. The fraction of sp³-hybridized carbons (Fsp3) is 0.538. The van der Waals surface area contributed by atoms with Crippen molar-refractivity contribution in [1.82, 2.24) is 0 Å². The summed E-state index contributed by atoms with van der Waals surface area (Å²) in [5, 5.41) is 0. The molecule has 0 spiro atoms. The predicted octanol–water partition coefficient (Wildman–Crippen LogP) is 2.42. The van der Waals surface area contributed by atoms with Crippen LogP contribution in [0, 0.1) is 0 Å². The molecule has 2 atom stereocenters. The highest BCUT2D eigenvalue weighted by atomic mass is 127. The first-order valence-corrected chi connectivity index (χ1v) is 7.32. The number of ether oxygens (including phenoxy) is 3. The van der Waals surface area contributed by atoms with Crippen LogP contribution in [0.1, 0.15) is 5.56 Å². The molecule has 3 nitrogen and oxygen atoms in total. The average molecular weight is 348 g/mol. The van der Waals surface area contributed by atoms with Gasteiger partial charge in [-0.1, -0.05) is 52.9 Å². The number of hydrogen-bond donors (Lipinski definition) is 0. The van der Waals surface area contributed by atoms with E-state index in [9.17, 15) is 0 Å². The van der Waals surface area contributed by atoms with Gasteiger partial charge in [0.2, 0.25) is 0 Å². The van der Waals surface area contributed by atoms with Crippen molar-refractivity contribution in [2.24, 2.45) is 0 Å². The topological polar surface area (TPSA) is 27.7 Å². The molecule has 0 radical (unpaired) electrons. The second-order valence-electron chi connectivity index (χ2n) is 4.07. The van der Waals surface area contributed by atoms with E-state index in [2.05, 4.69) is 34.7 Å². The highest BCUT2D eigenvalue weighted by Crippen LogP contribution is 2.10. The Hall–Kier alpha value is -0.170. The maximum Gasteiger partial charge on any atom is 0.104 e. The molecule has 94 valence electrons. The lowest BCUT2D eigenvalue weighted by Gasteiger charge is -2.28. The Kier molecular flexibility index (Phi) is 5.70. The van der Waals surface area contributed by atoms with E-state index in [4.69, 9.17) is 14.2 Å². The van der Waals surface area contributed by atoms with E-state index in [0.717, 1.165) is 4.43 Å². The minimum Gasteiger partial charge on any atom is -0.374 e. The van der Waals surface area contributed by atoms with E-state index in [-0.39, 0.29) is 12.2 Å². The van der Waals surface area contributed by atoms with Crippen LogP contribution >= 0.6 is 22.6 Å². The maximum atomic E-state index is 5.66. The molecule has 1 heterocycles. The lowest BCUT2D eigenvalue weighted by Crippen LogP contribution is -2.38. The summed E-state index contributed by atoms with van der Waals surface area (Å²) in [4.78, 5) is 0. The summed E-state index contributed by atoms with van der Waals surface area (Å²) >= 11 is 2.31. The Labute approximate surface area is 116 Å². The standard InChI is InChI=1S/C13H17IO3/c14-6-12-9-17-13(10-16-12)8-15-7-11-4-2-1-3-5-11/h1-5,12-13H,6-10H2/t12-,13+/m0/s1. The number of alkyl halides is 1. The Morgan fingerprint density at radius 3 is 2.47 bits per heavy atom. The fourth-order valence-electron chi connectivity index (χ4n) is 1.65. The molecule has 1 saturated heterocycles. The van der Waals surface area contributed by atoms with Gasteiger partial charge < -0.3 is 14.2 Å². The lowest BCUT2D eigenvalue weighted by molar-refractivity contribution is -0.145. The Morgan fingerprint density at radius 2 is 1.82 bits per heavy atom. The molecular formula is C13H17IO3. The molecule has 0 N–H and O–H groups in total. The highest BCUT2D eigenvalue weighted by Gasteiger charge is 2.21. The van der Waals surface area contributed by atoms with Gasteiger partial charge in [-0.3, -0.25) is 0 Å². The summed E-state index contributed by atoms with van der Waals surface area (Å²) in [6.07, 6.45) is 0.332. The molecule has 17 heavy (non-hydrogen) atoms. The molecule has 0 unspecified atom stereocenters. The van der Waals surface area contributed by atoms with Gasteiger partial charge in [0.25, 0.3) is 0 Å². The van der Waals surface area contributed by atoms with Crippen molar-refractivity contribution < 1.29 is 14.2 Å². The molecule has 1 aliphatic rings. The summed E-state index contributed by atoms with van der Waals surface area (Å²) in [6, 6.07) is 10.2. The van der Waals surface area contributed by atoms with E-state index in [1.54, 1.807) is 0 Å². The average Bonchev–Trinajstić information content (AvgIpc) is 2.41. The molecular weight excluding hydrogens is 331 g/mol. The van der Waals surface area contributed by atoms with Crippen molar-refractivity contribution in [1.29, 1.82) is 0 Å². The zero-order valence-corrected chi connectivity index (χ0v) is 11.8. The maximum absolute atomic E-state index is 5.66. The van der Waals surface area contributed by atoms with Crippen molar-refractivity contribution in [3.05, 3.63) is 35.9 Å². The monoisotopic (exact) mass is 348 g/mol. The second-order valence-corrected chi connectivity index (χ2v) is 4.95. The van der Waals surface area contributed by atoms with Crippen molar-refractivity contribution in [3.63, 3.8) is 0 Å². The normalized spacial score (nSPS) is 24.8. The van der Waals surface area contributed by atoms with Crippen molar-refractivity contribution in [3.8, 4) is 0 Å². The summed E-state index contributed by atoms with van der Waals surface area (Å²) in [5.74, 6) is 0. The number of hydrogen-bond acceptors (Lipinski definition) is 3. The third-order valence-corrected chi connectivity index (χ3v) is 3.61. The van der Waals surface area contributed by atoms with Gasteiger partial charge in [0, 0.05) is 4.43 Å². The zero-order valence-electron chi connectivity index (χ0n) is 9.68. The van der Waals surface area contributed by atoms with Crippen molar-refractivity contribution >= 4 is 22.6 Å². The minimum atomic E-state index is 0.0814. The first-order valence-electron chi connectivity index (χ1n) is 5.79. The molecule has 1 aromatic rings. The molecule has 0 bridgehead atoms. The fourth-order valence-corrected chi connectivity index (χ4v) is 2.16. The minimum absolute atomic E-state index is 0.0814. The predicted molar refractivity (Wildman–Crippen MR) is 74.5 cm³/mol. The van der Waals surface area contributed by atoms with Gasteiger partial charge in [0.1, 0.15) is 6.10 Å². The molecule has 0 aromatic heterocycles. The summed E-state index contributed by atoms with van der Waals surface area (Å²) in [6.45, 7) is 2.56. The molecule has 1 fully saturated rings. The molecule has 1 aromatic carbocycles. The second kappa shape index (κ2) is 7.31. The van der Waals surface area contributed by atoms with Gasteiger partial charge in [0.05, 0.1) is 32.5 Å². The highest BCUT2D eigenvalue weighted by molar-refractivity contribution is 14.1. The van der Waals surface area contributed by atoms with Crippen LogP contribution in [0.3, 0.4) is 0 Å². The number of halogens is 1. The van der Waals surface area contributed by atoms with Gasteiger partial charge in [-0.15, -0.1) is 0 Å². The van der Waals surface area contributed by atoms with Gasteiger partial charge in [0.15, 0.2) is 0 Å². The van der Waals surface area contributed by atoms with E-state index >= 15 is 0 Å². The summed E-state index contributed by atoms with van der Waals surface area (Å²) < 4.78 is 17.9. The molecule has 0 aliphatic carbocycles. The van der Waals surface area contributed by atoms with Crippen LogP contribution in [0.2, 0.25) is 0 Å². The van der Waals surface area contributed by atoms with Gasteiger partial charge in [-0.25, -0.2) is 0 Å². The molecule has 4 heteroatoms. The van der Waals surface area contributed by atoms with E-state index in [0.29, 0.717) is 26.4 Å². The molecule has 1 aliphatic heterocycles. The lowest BCUT2D eigenvalue weighted by atomic mass is 10.2. The Balaban J connectivity index is 1.63. The first-order chi connectivity index (χ1) is 8.38. The summed E-state index contributed by atoms with van der Waals surface area (Å²) in [7, 11) is 0. The Morgan fingerprint density at radius 1 is 1.12 bits per heavy atom. The van der Waals surface area contributed by atoms with Crippen LogP contribution in [-0.2, 0) is 20.8 Å². The van der Waals surface area contributed by atoms with Crippen LogP contribution in [0.4, 0.5) is 0 Å². The molecule has 0 saturated carbocycles. The van der Waals surface area contributed by atoms with Gasteiger partial charge in [-0.2, -0.15) is 0 Å². The largest absolute Gasteiger partial charge is 0.374 e. The van der Waals surface area contributed by atoms with Crippen LogP contribution < -0.4 is 0 Å². The quantitative estimate of drug-likeness (QED) is 0.604. The molecule has 2 rings (SSSR count). The first kappa shape index (κ1) is 13.3. The zero-order chi connectivity index (χ0) is 11.9. The van der Waals surface area contributed by atoms with E-state index < -0.39 is 0 Å². The van der Waals surface area contributed by atoms with Crippen LogP contribution in [-0.4, -0.2) is 36.5 Å². The Bertz CT molecular complexity index is 310. The van der Waals surface area contributed by atoms with Crippen LogP contribution in [0.15, 0.2) is 30.3 Å². The molecule has 0 amide bonds. The summed E-state index contributed by atoms with van der Waals surface area (Å²) in [5.41, 5.74) is 1.19. The third-order valence-electron chi connectivity index (χ3n) is 2.62. The number of benzene rings is 1. The van der Waals surface area contributed by atoms with Crippen LogP contribution in [0.5, 0.6) is 0 Å². The van der Waals surface area contributed by atoms with E-state index in [1.807, 2.05) is 18.2 Å². The van der Waals surface area contributed by atoms with Crippen molar-refractivity contribution in [2.45, 2.75) is 18.8 Å². The van der Waals surface area contributed by atoms with Gasteiger partial charge >= 0.3 is 0 Å². The number of rotatable bonds is 5.